The van der Waals surface area contributed by atoms with Crippen molar-refractivity contribution < 1.29 is 9.90 Å². The third kappa shape index (κ3) is 17.6. The molecule has 0 fully saturated rings. The summed E-state index contributed by atoms with van der Waals surface area (Å²) in [6, 6.07) is 7.90. The number of benzene rings is 1. The van der Waals surface area contributed by atoms with E-state index in [1.807, 2.05) is 24.3 Å². The van der Waals surface area contributed by atoms with E-state index in [1.165, 1.54) is 115 Å². The minimum atomic E-state index is -0.916. The Kier molecular flexibility index (Phi) is 17.7. The molecule has 0 radical (unpaired) electrons. The van der Waals surface area contributed by atoms with Crippen LogP contribution < -0.4 is 5.32 Å². The van der Waals surface area contributed by atoms with Gasteiger partial charge >= 0.3 is 5.97 Å². The molecule has 0 bridgehead atoms. The summed E-state index contributed by atoms with van der Waals surface area (Å²) in [6.45, 7) is 3.29. The summed E-state index contributed by atoms with van der Waals surface area (Å²) in [4.78, 5) is 10.5. The molecular formula is C28H47NO2. The van der Waals surface area contributed by atoms with Gasteiger partial charge in [0.05, 0.1) is 0 Å². The standard InChI is InChI=1S/C28H47NO2/c1-2-3-4-5-6-7-8-9-10-11-12-13-14-15-16-17-18-25-29-27-22-19-26(20-23-27)21-24-28(30)31/h19-24,29H,2-18,25H2,1H3,(H,30,31)/b24-21+. The van der Waals surface area contributed by atoms with Gasteiger partial charge in [-0.15, -0.1) is 0 Å². The zero-order valence-electron chi connectivity index (χ0n) is 20.0. The van der Waals surface area contributed by atoms with Crippen LogP contribution in [0.4, 0.5) is 5.69 Å². The topological polar surface area (TPSA) is 49.3 Å². The fraction of sp³-hybridized carbons (Fsp3) is 0.679. The Hall–Kier alpha value is -1.77. The van der Waals surface area contributed by atoms with Crippen molar-refractivity contribution in [1.82, 2.24) is 0 Å². The van der Waals surface area contributed by atoms with Crippen LogP contribution in [-0.4, -0.2) is 17.6 Å². The van der Waals surface area contributed by atoms with E-state index < -0.39 is 5.97 Å². The van der Waals surface area contributed by atoms with E-state index in [9.17, 15) is 4.79 Å². The maximum atomic E-state index is 10.5. The van der Waals surface area contributed by atoms with Crippen molar-refractivity contribution in [2.24, 2.45) is 0 Å². The lowest BCUT2D eigenvalue weighted by Gasteiger charge is -2.07. The Morgan fingerprint density at radius 2 is 1.13 bits per heavy atom. The van der Waals surface area contributed by atoms with Crippen molar-refractivity contribution >= 4 is 17.7 Å². The molecule has 1 aromatic rings. The molecule has 0 aliphatic carbocycles. The van der Waals surface area contributed by atoms with Gasteiger partial charge in [0, 0.05) is 18.3 Å². The molecule has 3 heteroatoms. The molecule has 0 aliphatic rings. The average Bonchev–Trinajstić information content (AvgIpc) is 2.77. The first-order valence-electron chi connectivity index (χ1n) is 13.0. The Morgan fingerprint density at radius 1 is 0.710 bits per heavy atom. The molecule has 0 unspecified atom stereocenters. The highest BCUT2D eigenvalue weighted by atomic mass is 16.4. The number of unbranched alkanes of at least 4 members (excludes halogenated alkanes) is 16. The lowest BCUT2D eigenvalue weighted by Crippen LogP contribution is -2.01. The number of carboxylic acid groups (broad SMARTS) is 1. The molecule has 0 heterocycles. The van der Waals surface area contributed by atoms with E-state index in [0.29, 0.717) is 0 Å². The minimum Gasteiger partial charge on any atom is -0.478 e. The molecule has 176 valence electrons. The van der Waals surface area contributed by atoms with Crippen LogP contribution in [0.5, 0.6) is 0 Å². The smallest absolute Gasteiger partial charge is 0.328 e. The molecule has 0 aliphatic heterocycles. The van der Waals surface area contributed by atoms with Gasteiger partial charge in [-0.25, -0.2) is 4.79 Å². The van der Waals surface area contributed by atoms with Crippen LogP contribution in [0.15, 0.2) is 30.3 Å². The number of anilines is 1. The molecular weight excluding hydrogens is 382 g/mol. The van der Waals surface area contributed by atoms with Crippen LogP contribution in [0.2, 0.25) is 0 Å². The van der Waals surface area contributed by atoms with E-state index in [2.05, 4.69) is 12.2 Å². The van der Waals surface area contributed by atoms with Crippen molar-refractivity contribution in [3.8, 4) is 0 Å². The van der Waals surface area contributed by atoms with Crippen LogP contribution >= 0.6 is 0 Å². The molecule has 0 aromatic heterocycles. The number of hydrogen-bond acceptors (Lipinski definition) is 2. The lowest BCUT2D eigenvalue weighted by atomic mass is 10.0. The van der Waals surface area contributed by atoms with Crippen molar-refractivity contribution in [3.63, 3.8) is 0 Å². The third-order valence-electron chi connectivity index (χ3n) is 5.94. The van der Waals surface area contributed by atoms with Crippen molar-refractivity contribution in [2.75, 3.05) is 11.9 Å². The monoisotopic (exact) mass is 429 g/mol. The summed E-state index contributed by atoms with van der Waals surface area (Å²) >= 11 is 0. The van der Waals surface area contributed by atoms with Crippen LogP contribution in [-0.2, 0) is 4.79 Å². The maximum Gasteiger partial charge on any atom is 0.328 e. The maximum absolute atomic E-state index is 10.5. The number of nitrogens with one attached hydrogen (secondary N) is 1. The Labute approximate surface area is 191 Å². The van der Waals surface area contributed by atoms with E-state index in [4.69, 9.17) is 5.11 Å². The summed E-state index contributed by atoms with van der Waals surface area (Å²) in [5, 5.41) is 12.1. The third-order valence-corrected chi connectivity index (χ3v) is 5.94. The fourth-order valence-electron chi connectivity index (χ4n) is 3.96. The largest absolute Gasteiger partial charge is 0.478 e. The molecule has 0 saturated carbocycles. The first-order chi connectivity index (χ1) is 15.2. The highest BCUT2D eigenvalue weighted by molar-refractivity contribution is 5.85. The van der Waals surface area contributed by atoms with Gasteiger partial charge in [-0.3, -0.25) is 0 Å². The van der Waals surface area contributed by atoms with Crippen molar-refractivity contribution in [2.45, 2.75) is 116 Å². The molecule has 2 N–H and O–H groups in total. The average molecular weight is 430 g/mol. The van der Waals surface area contributed by atoms with Crippen LogP contribution in [0.3, 0.4) is 0 Å². The second-order valence-corrected chi connectivity index (χ2v) is 8.88. The molecule has 0 atom stereocenters. The molecule has 1 rings (SSSR count). The summed E-state index contributed by atoms with van der Waals surface area (Å²) in [6.07, 6.45) is 26.6. The molecule has 0 amide bonds. The van der Waals surface area contributed by atoms with E-state index >= 15 is 0 Å². The molecule has 0 saturated heterocycles. The molecule has 1 aromatic carbocycles. The number of carbonyl (C=O) groups is 1. The van der Waals surface area contributed by atoms with E-state index in [0.717, 1.165) is 17.8 Å². The summed E-state index contributed by atoms with van der Waals surface area (Å²) in [7, 11) is 0. The van der Waals surface area contributed by atoms with Gasteiger partial charge < -0.3 is 10.4 Å². The molecule has 0 spiro atoms. The first kappa shape index (κ1) is 27.3. The predicted molar refractivity (Wildman–Crippen MR) is 136 cm³/mol. The quantitative estimate of drug-likeness (QED) is 0.151. The predicted octanol–water partition coefficient (Wildman–Crippen LogP) is 8.85. The minimum absolute atomic E-state index is 0.908. The van der Waals surface area contributed by atoms with Gasteiger partial charge in [0.25, 0.3) is 0 Å². The Bertz CT molecular complexity index is 565. The second kappa shape index (κ2) is 20.2. The summed E-state index contributed by atoms with van der Waals surface area (Å²) < 4.78 is 0. The van der Waals surface area contributed by atoms with Gasteiger partial charge in [-0.2, -0.15) is 0 Å². The fourth-order valence-corrected chi connectivity index (χ4v) is 3.96. The van der Waals surface area contributed by atoms with Crippen LogP contribution in [0, 0.1) is 0 Å². The summed E-state index contributed by atoms with van der Waals surface area (Å²) in [5.41, 5.74) is 2.01. The normalized spacial score (nSPS) is 11.3. The number of rotatable bonds is 21. The van der Waals surface area contributed by atoms with E-state index in [-0.39, 0.29) is 0 Å². The zero-order valence-corrected chi connectivity index (χ0v) is 20.0. The Balaban J connectivity index is 1.82. The molecule has 31 heavy (non-hydrogen) atoms. The highest BCUT2D eigenvalue weighted by Gasteiger charge is 1.96. The van der Waals surface area contributed by atoms with Crippen LogP contribution in [0.25, 0.3) is 6.08 Å². The summed E-state index contributed by atoms with van der Waals surface area (Å²) in [5.74, 6) is -0.916. The SMILES string of the molecule is CCCCCCCCCCCCCCCCCCCNc1ccc(/C=C/C(=O)O)cc1. The lowest BCUT2D eigenvalue weighted by molar-refractivity contribution is -0.131. The zero-order chi connectivity index (χ0) is 22.4. The van der Waals surface area contributed by atoms with Gasteiger partial charge in [-0.1, -0.05) is 122 Å². The number of hydrogen-bond donors (Lipinski definition) is 2. The van der Waals surface area contributed by atoms with Crippen molar-refractivity contribution in [3.05, 3.63) is 35.9 Å². The van der Waals surface area contributed by atoms with Crippen molar-refractivity contribution in [1.29, 1.82) is 0 Å². The number of carboxylic acids is 1. The van der Waals surface area contributed by atoms with Gasteiger partial charge in [0.1, 0.15) is 0 Å². The van der Waals surface area contributed by atoms with Gasteiger partial charge in [0.15, 0.2) is 0 Å². The first-order valence-corrected chi connectivity index (χ1v) is 13.0. The molecule has 3 nitrogen and oxygen atoms in total. The van der Waals surface area contributed by atoms with Gasteiger partial charge in [0.2, 0.25) is 0 Å². The highest BCUT2D eigenvalue weighted by Crippen LogP contribution is 2.15. The number of aliphatic carboxylic acids is 1. The Morgan fingerprint density at radius 3 is 1.55 bits per heavy atom. The van der Waals surface area contributed by atoms with Gasteiger partial charge in [-0.05, 0) is 30.2 Å². The van der Waals surface area contributed by atoms with Crippen LogP contribution in [0.1, 0.15) is 122 Å². The second-order valence-electron chi connectivity index (χ2n) is 8.88. The van der Waals surface area contributed by atoms with E-state index in [1.54, 1.807) is 6.08 Å².